The highest BCUT2D eigenvalue weighted by Gasteiger charge is 2.72. The maximum absolute atomic E-state index is 13.0. The summed E-state index contributed by atoms with van der Waals surface area (Å²) in [6.07, 6.45) is -3.74. The van der Waals surface area contributed by atoms with Crippen LogP contribution >= 0.6 is 0 Å². The Bertz CT molecular complexity index is 875. The van der Waals surface area contributed by atoms with Crippen LogP contribution in [0.5, 0.6) is 5.75 Å². The molecule has 0 aliphatic carbocycles. The molecule has 27 heavy (non-hydrogen) atoms. The van der Waals surface area contributed by atoms with E-state index < -0.39 is 47.0 Å². The van der Waals surface area contributed by atoms with Crippen molar-refractivity contribution in [2.75, 3.05) is 4.90 Å². The van der Waals surface area contributed by atoms with Crippen LogP contribution in [0.15, 0.2) is 18.2 Å². The molecule has 0 spiro atoms. The predicted molar refractivity (Wildman–Crippen MR) is 84.4 cm³/mol. The molecular formula is C18H15F3N2O4. The number of carbonyl (C=O) groups excluding carboxylic acids is 2. The Morgan fingerprint density at radius 3 is 2.22 bits per heavy atom. The average molecular weight is 380 g/mol. The minimum absolute atomic E-state index is 0.0516. The lowest BCUT2D eigenvalue weighted by Gasteiger charge is -2.27. The number of amides is 2. The number of anilines is 1. The van der Waals surface area contributed by atoms with Gasteiger partial charge in [0.1, 0.15) is 11.8 Å². The van der Waals surface area contributed by atoms with Gasteiger partial charge in [0.25, 0.3) is 0 Å². The fraction of sp³-hybridized carbons (Fsp3) is 0.500. The summed E-state index contributed by atoms with van der Waals surface area (Å²) in [6, 6.07) is 4.87. The Morgan fingerprint density at radius 2 is 1.74 bits per heavy atom. The van der Waals surface area contributed by atoms with Gasteiger partial charge in [-0.2, -0.15) is 5.26 Å². The first kappa shape index (κ1) is 17.8. The lowest BCUT2D eigenvalue weighted by Crippen LogP contribution is -2.40. The van der Waals surface area contributed by atoms with Gasteiger partial charge in [-0.25, -0.2) is 4.90 Å². The van der Waals surface area contributed by atoms with Gasteiger partial charge in [0.15, 0.2) is 0 Å². The number of halogens is 3. The number of carbonyl (C=O) groups is 2. The second-order valence-electron chi connectivity index (χ2n) is 7.53. The molecule has 4 unspecified atom stereocenters. The van der Waals surface area contributed by atoms with Gasteiger partial charge in [0, 0.05) is 6.07 Å². The van der Waals surface area contributed by atoms with E-state index >= 15 is 0 Å². The van der Waals surface area contributed by atoms with E-state index in [9.17, 15) is 22.8 Å². The van der Waals surface area contributed by atoms with Crippen LogP contribution in [0.4, 0.5) is 18.9 Å². The van der Waals surface area contributed by atoms with E-state index in [-0.39, 0.29) is 11.3 Å². The number of nitrogens with zero attached hydrogens (tertiary/aromatic N) is 2. The van der Waals surface area contributed by atoms with Gasteiger partial charge in [-0.1, -0.05) is 0 Å². The molecule has 3 aliphatic rings. The summed E-state index contributed by atoms with van der Waals surface area (Å²) in [4.78, 5) is 26.9. The molecule has 1 aromatic carbocycles. The minimum Gasteiger partial charge on any atom is -0.404 e. The van der Waals surface area contributed by atoms with Crippen molar-refractivity contribution in [3.05, 3.63) is 23.8 Å². The van der Waals surface area contributed by atoms with Crippen LogP contribution in [-0.2, 0) is 14.3 Å². The molecule has 3 saturated heterocycles. The maximum atomic E-state index is 13.0. The van der Waals surface area contributed by atoms with Crippen LogP contribution in [0.2, 0.25) is 0 Å². The molecule has 142 valence electrons. The molecule has 0 aromatic heterocycles. The van der Waals surface area contributed by atoms with E-state index in [1.54, 1.807) is 19.9 Å². The van der Waals surface area contributed by atoms with Crippen molar-refractivity contribution < 1.29 is 32.2 Å². The lowest BCUT2D eigenvalue weighted by molar-refractivity contribution is -0.274. The zero-order chi connectivity index (χ0) is 19.8. The monoisotopic (exact) mass is 380 g/mol. The molecule has 6 nitrogen and oxygen atoms in total. The molecule has 0 saturated carbocycles. The Hall–Kier alpha value is -2.60. The predicted octanol–water partition coefficient (Wildman–Crippen LogP) is 2.90. The summed E-state index contributed by atoms with van der Waals surface area (Å²) in [5.74, 6) is -3.10. The summed E-state index contributed by atoms with van der Waals surface area (Å²) >= 11 is 0. The highest BCUT2D eigenvalue weighted by Crippen LogP contribution is 2.61. The third-order valence-electron chi connectivity index (χ3n) is 5.78. The second-order valence-corrected chi connectivity index (χ2v) is 7.53. The van der Waals surface area contributed by atoms with Crippen LogP contribution in [-0.4, -0.2) is 29.4 Å². The third kappa shape index (κ3) is 2.43. The van der Waals surface area contributed by atoms with Crippen LogP contribution in [0.1, 0.15) is 32.3 Å². The third-order valence-corrected chi connectivity index (χ3v) is 5.78. The quantitative estimate of drug-likeness (QED) is 0.737. The van der Waals surface area contributed by atoms with Crippen molar-refractivity contribution in [1.82, 2.24) is 0 Å². The van der Waals surface area contributed by atoms with Gasteiger partial charge >= 0.3 is 6.36 Å². The number of ether oxygens (including phenoxy) is 2. The van der Waals surface area contributed by atoms with Crippen LogP contribution < -0.4 is 9.64 Å². The first-order chi connectivity index (χ1) is 12.5. The molecule has 1 aromatic rings. The fourth-order valence-corrected chi connectivity index (χ4v) is 4.67. The molecule has 0 N–H and O–H groups in total. The SMILES string of the molecule is CC12CCC(C)(O1)C1C(=O)N(c3ccc(C#N)c(OC(F)(F)F)c3)C(=O)C12. The number of benzene rings is 1. The zero-order valence-corrected chi connectivity index (χ0v) is 14.5. The van der Waals surface area contributed by atoms with Gasteiger partial charge in [-0.15, -0.1) is 13.2 Å². The van der Waals surface area contributed by atoms with Crippen molar-refractivity contribution >= 4 is 17.5 Å². The van der Waals surface area contributed by atoms with Crippen LogP contribution in [0.25, 0.3) is 0 Å². The summed E-state index contributed by atoms with van der Waals surface area (Å²) < 4.78 is 47.7. The van der Waals surface area contributed by atoms with Crippen LogP contribution in [0.3, 0.4) is 0 Å². The largest absolute Gasteiger partial charge is 0.573 e. The van der Waals surface area contributed by atoms with Crippen molar-refractivity contribution in [3.8, 4) is 11.8 Å². The number of rotatable bonds is 2. The van der Waals surface area contributed by atoms with E-state index in [1.165, 1.54) is 6.07 Å². The average Bonchev–Trinajstić information content (AvgIpc) is 3.10. The summed E-state index contributed by atoms with van der Waals surface area (Å²) in [5.41, 5.74) is -1.93. The first-order valence-electron chi connectivity index (χ1n) is 8.37. The highest BCUT2D eigenvalue weighted by molar-refractivity contribution is 6.23. The Morgan fingerprint density at radius 1 is 1.19 bits per heavy atom. The molecule has 9 heteroatoms. The molecule has 4 rings (SSSR count). The van der Waals surface area contributed by atoms with E-state index in [0.29, 0.717) is 12.8 Å². The van der Waals surface area contributed by atoms with Crippen molar-refractivity contribution in [3.63, 3.8) is 0 Å². The minimum atomic E-state index is -5.01. The number of imide groups is 1. The van der Waals surface area contributed by atoms with Gasteiger partial charge in [0.05, 0.1) is 34.3 Å². The number of hydrogen-bond acceptors (Lipinski definition) is 5. The van der Waals surface area contributed by atoms with Crippen LogP contribution in [0, 0.1) is 23.2 Å². The van der Waals surface area contributed by atoms with E-state index in [4.69, 9.17) is 10.00 Å². The second kappa shape index (κ2) is 5.23. The number of alkyl halides is 3. The Labute approximate surface area is 152 Å². The zero-order valence-electron chi connectivity index (χ0n) is 14.5. The van der Waals surface area contributed by atoms with E-state index in [1.807, 2.05) is 0 Å². The molecule has 2 amide bonds. The topological polar surface area (TPSA) is 79.6 Å². The number of hydrogen-bond donors (Lipinski definition) is 0. The van der Waals surface area contributed by atoms with Crippen molar-refractivity contribution in [2.24, 2.45) is 11.8 Å². The molecule has 4 atom stereocenters. The maximum Gasteiger partial charge on any atom is 0.573 e. The number of nitriles is 1. The highest BCUT2D eigenvalue weighted by atomic mass is 19.4. The summed E-state index contributed by atoms with van der Waals surface area (Å²) in [6.45, 7) is 3.57. The molecule has 3 heterocycles. The molecule has 2 bridgehead atoms. The Kier molecular flexibility index (Phi) is 3.44. The summed E-state index contributed by atoms with van der Waals surface area (Å²) in [7, 11) is 0. The normalized spacial score (nSPS) is 34.7. The number of fused-ring (bicyclic) bond motifs is 5. The molecular weight excluding hydrogens is 365 g/mol. The molecule has 3 aliphatic heterocycles. The Balaban J connectivity index is 1.75. The van der Waals surface area contributed by atoms with E-state index in [0.717, 1.165) is 17.0 Å². The fourth-order valence-electron chi connectivity index (χ4n) is 4.67. The first-order valence-corrected chi connectivity index (χ1v) is 8.37. The molecule has 3 fully saturated rings. The van der Waals surface area contributed by atoms with Crippen molar-refractivity contribution in [1.29, 1.82) is 5.26 Å². The molecule has 0 radical (unpaired) electrons. The lowest BCUT2D eigenvalue weighted by atomic mass is 9.69. The van der Waals surface area contributed by atoms with Gasteiger partial charge < -0.3 is 9.47 Å². The van der Waals surface area contributed by atoms with E-state index in [2.05, 4.69) is 4.74 Å². The smallest absolute Gasteiger partial charge is 0.404 e. The van der Waals surface area contributed by atoms with Gasteiger partial charge in [-0.3, -0.25) is 9.59 Å². The van der Waals surface area contributed by atoms with Gasteiger partial charge in [-0.05, 0) is 38.8 Å². The summed E-state index contributed by atoms with van der Waals surface area (Å²) in [5, 5.41) is 8.99. The standard InChI is InChI=1S/C18H15F3N2O4/c1-16-5-6-17(2,27-16)13-12(16)14(24)23(15(13)25)10-4-3-9(8-22)11(7-10)26-18(19,20)21/h3-4,7,12-13H,5-6H2,1-2H3. The van der Waals surface area contributed by atoms with Gasteiger partial charge in [0.2, 0.25) is 11.8 Å². The van der Waals surface area contributed by atoms with Crippen molar-refractivity contribution in [2.45, 2.75) is 44.3 Å².